The molecule has 4 rings (SSSR count). The molecule has 1 saturated heterocycles. The van der Waals surface area contributed by atoms with Crippen molar-refractivity contribution in [3.05, 3.63) is 46.7 Å². The van der Waals surface area contributed by atoms with Crippen molar-refractivity contribution < 1.29 is 9.59 Å². The summed E-state index contributed by atoms with van der Waals surface area (Å²) in [7, 11) is 3.13. The highest BCUT2D eigenvalue weighted by Crippen LogP contribution is 2.22. The molecule has 1 aliphatic heterocycles. The average Bonchev–Trinajstić information content (AvgIpc) is 3.23. The van der Waals surface area contributed by atoms with E-state index in [0.29, 0.717) is 17.8 Å². The van der Waals surface area contributed by atoms with Crippen molar-refractivity contribution >= 4 is 28.2 Å². The smallest absolute Gasteiger partial charge is 0.315 e. The molecule has 3 amide bonds. The Morgan fingerprint density at radius 1 is 1.12 bits per heavy atom. The summed E-state index contributed by atoms with van der Waals surface area (Å²) in [5, 5.41) is 13.7. The van der Waals surface area contributed by atoms with E-state index in [9.17, 15) is 9.59 Å². The average molecular weight is 356 g/mol. The molecule has 25 heavy (non-hydrogen) atoms. The quantitative estimate of drug-likeness (QED) is 0.656. The number of carbonyl (C=O) groups excluding carboxylic acids is 2. The molecule has 1 aromatic carbocycles. The molecule has 0 saturated carbocycles. The van der Waals surface area contributed by atoms with Crippen LogP contribution in [0, 0.1) is 0 Å². The minimum atomic E-state index is -0.515. The molecule has 1 atom stereocenters. The molecule has 1 fully saturated rings. The highest BCUT2D eigenvalue weighted by molar-refractivity contribution is 7.16. The van der Waals surface area contributed by atoms with Crippen LogP contribution in [-0.2, 0) is 17.6 Å². The van der Waals surface area contributed by atoms with Crippen LogP contribution >= 0.6 is 11.3 Å². The van der Waals surface area contributed by atoms with Gasteiger partial charge in [0.15, 0.2) is 5.82 Å². The second-order valence-corrected chi connectivity index (χ2v) is 7.02. The number of urea groups is 1. The molecular formula is C16H16N6O2S. The summed E-state index contributed by atoms with van der Waals surface area (Å²) in [4.78, 5) is 27.4. The number of nitrogens with zero attached hydrogens (tertiary/aromatic N) is 6. The molecule has 2 aromatic heterocycles. The number of benzene rings is 1. The van der Waals surface area contributed by atoms with Crippen LogP contribution in [0.25, 0.3) is 4.96 Å². The van der Waals surface area contributed by atoms with Crippen LogP contribution in [0.3, 0.4) is 0 Å². The third-order valence-corrected chi connectivity index (χ3v) is 5.26. The van der Waals surface area contributed by atoms with Gasteiger partial charge in [0.05, 0.1) is 0 Å². The minimum Gasteiger partial charge on any atom is -0.315 e. The van der Waals surface area contributed by atoms with Gasteiger partial charge < -0.3 is 4.90 Å². The molecule has 0 radical (unpaired) electrons. The number of hydrogen-bond donors (Lipinski definition) is 0. The molecule has 128 valence electrons. The van der Waals surface area contributed by atoms with E-state index in [2.05, 4.69) is 15.3 Å². The van der Waals surface area contributed by atoms with E-state index < -0.39 is 6.04 Å². The van der Waals surface area contributed by atoms with Crippen molar-refractivity contribution in [1.29, 1.82) is 0 Å². The van der Waals surface area contributed by atoms with Crippen molar-refractivity contribution in [2.24, 2.45) is 0 Å². The SMILES string of the molecule is CN1C(=O)[C@@H](Cc2nn3c(Cc4ccccc4)nnc3s2)N(C)C1=O. The van der Waals surface area contributed by atoms with Crippen molar-refractivity contribution in [3.8, 4) is 0 Å². The lowest BCUT2D eigenvalue weighted by Crippen LogP contribution is -2.33. The standard InChI is InChI=1S/C16H16N6O2S/c1-20-11(14(23)21(2)16(20)24)9-13-19-22-12(17-18-15(22)25-13)8-10-6-4-3-5-7-10/h3-7,11H,8-9H2,1-2H3/t11-/m1/s1. The van der Waals surface area contributed by atoms with Gasteiger partial charge in [-0.3, -0.25) is 9.69 Å². The van der Waals surface area contributed by atoms with Crippen LogP contribution in [0.1, 0.15) is 16.4 Å². The maximum atomic E-state index is 12.2. The van der Waals surface area contributed by atoms with E-state index >= 15 is 0 Å². The zero-order valence-corrected chi connectivity index (χ0v) is 14.6. The Morgan fingerprint density at radius 3 is 2.56 bits per heavy atom. The summed E-state index contributed by atoms with van der Waals surface area (Å²) in [6.07, 6.45) is 1.01. The Hall–Kier alpha value is -2.81. The van der Waals surface area contributed by atoms with E-state index in [1.807, 2.05) is 30.3 Å². The minimum absolute atomic E-state index is 0.206. The Labute approximate surface area is 147 Å². The number of hydrogen-bond acceptors (Lipinski definition) is 6. The Morgan fingerprint density at radius 2 is 1.88 bits per heavy atom. The number of aromatic nitrogens is 4. The summed E-state index contributed by atoms with van der Waals surface area (Å²) in [5.74, 6) is 0.547. The van der Waals surface area contributed by atoms with E-state index in [1.54, 1.807) is 11.6 Å². The lowest BCUT2D eigenvalue weighted by Gasteiger charge is -2.14. The summed E-state index contributed by atoms with van der Waals surface area (Å²) >= 11 is 1.39. The first-order chi connectivity index (χ1) is 12.0. The van der Waals surface area contributed by atoms with E-state index in [4.69, 9.17) is 0 Å². The lowest BCUT2D eigenvalue weighted by atomic mass is 10.1. The molecule has 8 nitrogen and oxygen atoms in total. The van der Waals surface area contributed by atoms with E-state index in [0.717, 1.165) is 21.3 Å². The maximum Gasteiger partial charge on any atom is 0.326 e. The van der Waals surface area contributed by atoms with Crippen LogP contribution in [0.15, 0.2) is 30.3 Å². The highest BCUT2D eigenvalue weighted by Gasteiger charge is 2.41. The van der Waals surface area contributed by atoms with E-state index in [-0.39, 0.29) is 11.9 Å². The molecule has 1 aliphatic rings. The monoisotopic (exact) mass is 356 g/mol. The van der Waals surface area contributed by atoms with Crippen LogP contribution in [0.5, 0.6) is 0 Å². The molecule has 9 heteroatoms. The first-order valence-corrected chi connectivity index (χ1v) is 8.64. The fraction of sp³-hybridized carbons (Fsp3) is 0.312. The van der Waals surface area contributed by atoms with Gasteiger partial charge in [-0.25, -0.2) is 4.79 Å². The van der Waals surface area contributed by atoms with Gasteiger partial charge in [0.2, 0.25) is 4.96 Å². The van der Waals surface area contributed by atoms with Crippen molar-refractivity contribution in [3.63, 3.8) is 0 Å². The molecular weight excluding hydrogens is 340 g/mol. The molecule has 0 aliphatic carbocycles. The highest BCUT2D eigenvalue weighted by atomic mass is 32.1. The number of imide groups is 1. The molecule has 3 aromatic rings. The van der Waals surface area contributed by atoms with Crippen LogP contribution in [-0.4, -0.2) is 61.7 Å². The van der Waals surface area contributed by atoms with Gasteiger partial charge in [0, 0.05) is 26.9 Å². The van der Waals surface area contributed by atoms with Crippen molar-refractivity contribution in [1.82, 2.24) is 29.6 Å². The molecule has 0 unspecified atom stereocenters. The fourth-order valence-corrected chi connectivity index (χ4v) is 3.80. The van der Waals surface area contributed by atoms with Gasteiger partial charge in [-0.05, 0) is 5.56 Å². The second-order valence-electron chi connectivity index (χ2n) is 5.98. The number of amides is 3. The van der Waals surface area contributed by atoms with Gasteiger partial charge in [0.25, 0.3) is 5.91 Å². The Bertz CT molecular complexity index is 950. The van der Waals surface area contributed by atoms with Crippen molar-refractivity contribution in [2.45, 2.75) is 18.9 Å². The molecule has 0 N–H and O–H groups in total. The maximum absolute atomic E-state index is 12.2. The molecule has 3 heterocycles. The van der Waals surface area contributed by atoms with Crippen molar-refractivity contribution in [2.75, 3.05) is 14.1 Å². The predicted molar refractivity (Wildman–Crippen MR) is 91.3 cm³/mol. The Kier molecular flexibility index (Phi) is 3.72. The van der Waals surface area contributed by atoms with E-state index in [1.165, 1.54) is 23.3 Å². The topological polar surface area (TPSA) is 83.7 Å². The first-order valence-electron chi connectivity index (χ1n) is 7.83. The second kappa shape index (κ2) is 5.92. The summed E-state index contributed by atoms with van der Waals surface area (Å²) < 4.78 is 1.72. The van der Waals surface area contributed by atoms with Crippen LogP contribution in [0.2, 0.25) is 0 Å². The summed E-state index contributed by atoms with van der Waals surface area (Å²) in [6.45, 7) is 0. The van der Waals surface area contributed by atoms with Crippen LogP contribution in [0.4, 0.5) is 4.79 Å². The first kappa shape index (κ1) is 15.7. The fourth-order valence-electron chi connectivity index (χ4n) is 2.91. The number of fused-ring (bicyclic) bond motifs is 1. The third kappa shape index (κ3) is 2.66. The normalized spacial score (nSPS) is 17.9. The molecule has 0 spiro atoms. The van der Waals surface area contributed by atoms with Gasteiger partial charge in [-0.2, -0.15) is 9.61 Å². The lowest BCUT2D eigenvalue weighted by molar-refractivity contribution is -0.127. The predicted octanol–water partition coefficient (Wildman–Crippen LogP) is 1.21. The van der Waals surface area contributed by atoms with Gasteiger partial charge >= 0.3 is 6.03 Å². The number of likely N-dealkylation sites (N-methyl/N-ethyl adjacent to an activating group) is 2. The zero-order valence-electron chi connectivity index (χ0n) is 13.8. The Balaban J connectivity index is 1.58. The summed E-state index contributed by atoms with van der Waals surface area (Å²) in [5.41, 5.74) is 1.13. The van der Waals surface area contributed by atoms with Gasteiger partial charge in [-0.15, -0.1) is 10.2 Å². The zero-order chi connectivity index (χ0) is 17.6. The number of carbonyl (C=O) groups is 2. The van der Waals surface area contributed by atoms with Gasteiger partial charge in [0.1, 0.15) is 11.0 Å². The van der Waals surface area contributed by atoms with Crippen LogP contribution < -0.4 is 0 Å². The summed E-state index contributed by atoms with van der Waals surface area (Å²) in [6, 6.07) is 9.19. The largest absolute Gasteiger partial charge is 0.326 e. The number of rotatable bonds is 4. The third-order valence-electron chi connectivity index (χ3n) is 4.34. The van der Waals surface area contributed by atoms with Gasteiger partial charge in [-0.1, -0.05) is 41.7 Å². The molecule has 0 bridgehead atoms.